The second-order valence-corrected chi connectivity index (χ2v) is 4.20. The molecule has 2 aromatic carbocycles. The number of rotatable bonds is 4. The third kappa shape index (κ3) is 3.60. The normalized spacial score (nSPS) is 10.8. The molecule has 0 spiro atoms. The predicted octanol–water partition coefficient (Wildman–Crippen LogP) is 3.06. The Hall–Kier alpha value is -2.26. The zero-order valence-corrected chi connectivity index (χ0v) is 10.7. The van der Waals surface area contributed by atoms with Gasteiger partial charge in [0.2, 0.25) is 0 Å². The van der Waals surface area contributed by atoms with Gasteiger partial charge >= 0.3 is 0 Å². The van der Waals surface area contributed by atoms with Crippen LogP contribution in [0.5, 0.6) is 11.5 Å². The topological polar surface area (TPSA) is 49.7 Å². The number of aromatic hydroxyl groups is 1. The Bertz CT molecular complexity index is 549. The lowest BCUT2D eigenvalue weighted by Crippen LogP contribution is -1.89. The standard InChI is InChI=1S/C16H16O3/c1-19-16-9-13(8-14(10-16)11-17)3-2-12-4-6-15(18)7-5-12/h2-10,17-18H,11H2,1H3. The van der Waals surface area contributed by atoms with Gasteiger partial charge in [0.05, 0.1) is 13.7 Å². The largest absolute Gasteiger partial charge is 0.508 e. The van der Waals surface area contributed by atoms with Gasteiger partial charge in [0.1, 0.15) is 11.5 Å². The molecule has 98 valence electrons. The maximum absolute atomic E-state index is 9.21. The Morgan fingerprint density at radius 3 is 2.32 bits per heavy atom. The Kier molecular flexibility index (Phi) is 4.21. The van der Waals surface area contributed by atoms with Crippen molar-refractivity contribution < 1.29 is 14.9 Å². The lowest BCUT2D eigenvalue weighted by atomic mass is 10.1. The lowest BCUT2D eigenvalue weighted by Gasteiger charge is -2.04. The van der Waals surface area contributed by atoms with Crippen molar-refractivity contribution in [3.8, 4) is 11.5 Å². The van der Waals surface area contributed by atoms with Crippen molar-refractivity contribution in [2.45, 2.75) is 6.61 Å². The summed E-state index contributed by atoms with van der Waals surface area (Å²) in [5.41, 5.74) is 2.76. The van der Waals surface area contributed by atoms with Crippen LogP contribution >= 0.6 is 0 Å². The van der Waals surface area contributed by atoms with Gasteiger partial charge in [-0.1, -0.05) is 24.3 Å². The first-order valence-corrected chi connectivity index (χ1v) is 5.97. The van der Waals surface area contributed by atoms with Crippen molar-refractivity contribution in [1.82, 2.24) is 0 Å². The van der Waals surface area contributed by atoms with Crippen molar-refractivity contribution in [3.05, 3.63) is 59.2 Å². The molecule has 0 aromatic heterocycles. The van der Waals surface area contributed by atoms with Crippen molar-refractivity contribution in [1.29, 1.82) is 0 Å². The molecule has 0 aliphatic carbocycles. The molecule has 3 nitrogen and oxygen atoms in total. The highest BCUT2D eigenvalue weighted by Gasteiger charge is 1.98. The van der Waals surface area contributed by atoms with Crippen LogP contribution in [0.25, 0.3) is 12.2 Å². The molecule has 0 bridgehead atoms. The molecule has 0 radical (unpaired) electrons. The van der Waals surface area contributed by atoms with E-state index in [1.807, 2.05) is 36.4 Å². The van der Waals surface area contributed by atoms with Gasteiger partial charge in [-0.15, -0.1) is 0 Å². The summed E-state index contributed by atoms with van der Waals surface area (Å²) in [7, 11) is 1.60. The second-order valence-electron chi connectivity index (χ2n) is 4.20. The average molecular weight is 256 g/mol. The highest BCUT2D eigenvalue weighted by Crippen LogP contribution is 2.19. The highest BCUT2D eigenvalue weighted by molar-refractivity contribution is 5.70. The summed E-state index contributed by atoms with van der Waals surface area (Å²) in [6.45, 7) is -0.0166. The zero-order valence-electron chi connectivity index (χ0n) is 10.7. The molecule has 0 heterocycles. The van der Waals surface area contributed by atoms with Crippen molar-refractivity contribution in [3.63, 3.8) is 0 Å². The Balaban J connectivity index is 2.24. The fourth-order valence-corrected chi connectivity index (χ4v) is 1.77. The Morgan fingerprint density at radius 2 is 1.68 bits per heavy atom. The Labute approximate surface area is 112 Å². The fraction of sp³-hybridized carbons (Fsp3) is 0.125. The van der Waals surface area contributed by atoms with Crippen LogP contribution in [0.3, 0.4) is 0 Å². The van der Waals surface area contributed by atoms with Crippen LogP contribution in [0.1, 0.15) is 16.7 Å². The van der Waals surface area contributed by atoms with Gasteiger partial charge in [0.25, 0.3) is 0 Å². The van der Waals surface area contributed by atoms with E-state index in [1.54, 1.807) is 25.3 Å². The number of phenolic OH excluding ortho intramolecular Hbond substituents is 1. The fourth-order valence-electron chi connectivity index (χ4n) is 1.77. The van der Waals surface area contributed by atoms with E-state index in [1.165, 1.54) is 0 Å². The summed E-state index contributed by atoms with van der Waals surface area (Å²) in [4.78, 5) is 0. The van der Waals surface area contributed by atoms with Gasteiger partial charge < -0.3 is 14.9 Å². The van der Waals surface area contributed by atoms with Crippen LogP contribution < -0.4 is 4.74 Å². The number of phenols is 1. The molecule has 0 unspecified atom stereocenters. The summed E-state index contributed by atoms with van der Waals surface area (Å²) in [6.07, 6.45) is 3.88. The monoisotopic (exact) mass is 256 g/mol. The SMILES string of the molecule is COc1cc(C=Cc2ccc(O)cc2)cc(CO)c1. The summed E-state index contributed by atoms with van der Waals surface area (Å²) in [5.74, 6) is 0.970. The first-order chi connectivity index (χ1) is 9.21. The minimum Gasteiger partial charge on any atom is -0.508 e. The summed E-state index contributed by atoms with van der Waals surface area (Å²) in [5, 5.41) is 18.4. The van der Waals surface area contributed by atoms with Crippen LogP contribution in [0.4, 0.5) is 0 Å². The third-order valence-electron chi connectivity index (χ3n) is 2.77. The van der Waals surface area contributed by atoms with Crippen LogP contribution in [0.15, 0.2) is 42.5 Å². The molecule has 0 aliphatic rings. The van der Waals surface area contributed by atoms with Crippen molar-refractivity contribution in [2.75, 3.05) is 7.11 Å². The van der Waals surface area contributed by atoms with Gasteiger partial charge in [-0.2, -0.15) is 0 Å². The predicted molar refractivity (Wildman–Crippen MR) is 76.0 cm³/mol. The second kappa shape index (κ2) is 6.07. The molecule has 0 amide bonds. The molecule has 0 fully saturated rings. The summed E-state index contributed by atoms with van der Waals surface area (Å²) in [6, 6.07) is 12.6. The lowest BCUT2D eigenvalue weighted by molar-refractivity contribution is 0.281. The number of aliphatic hydroxyl groups excluding tert-OH is 1. The smallest absolute Gasteiger partial charge is 0.119 e. The van der Waals surface area contributed by atoms with E-state index in [4.69, 9.17) is 4.74 Å². The number of benzene rings is 2. The minimum absolute atomic E-state index is 0.0166. The van der Waals surface area contributed by atoms with Crippen molar-refractivity contribution >= 4 is 12.2 Å². The zero-order chi connectivity index (χ0) is 13.7. The van der Waals surface area contributed by atoms with Gasteiger partial charge in [0.15, 0.2) is 0 Å². The molecule has 0 atom stereocenters. The highest BCUT2D eigenvalue weighted by atomic mass is 16.5. The quantitative estimate of drug-likeness (QED) is 0.826. The van der Waals surface area contributed by atoms with Crippen LogP contribution in [-0.4, -0.2) is 17.3 Å². The molecular formula is C16H16O3. The van der Waals surface area contributed by atoms with E-state index >= 15 is 0 Å². The van der Waals surface area contributed by atoms with Crippen LogP contribution in [0, 0.1) is 0 Å². The first kappa shape index (κ1) is 13.2. The minimum atomic E-state index is -0.0166. The molecule has 2 aromatic rings. The van der Waals surface area contributed by atoms with Gasteiger partial charge in [-0.3, -0.25) is 0 Å². The van der Waals surface area contributed by atoms with Gasteiger partial charge in [-0.05, 0) is 47.0 Å². The van der Waals surface area contributed by atoms with Crippen molar-refractivity contribution in [2.24, 2.45) is 0 Å². The number of hydrogen-bond donors (Lipinski definition) is 2. The molecule has 19 heavy (non-hydrogen) atoms. The summed E-state index contributed by atoms with van der Waals surface area (Å²) < 4.78 is 5.19. The average Bonchev–Trinajstić information content (AvgIpc) is 2.46. The third-order valence-corrected chi connectivity index (χ3v) is 2.77. The van der Waals surface area contributed by atoms with Gasteiger partial charge in [-0.25, -0.2) is 0 Å². The number of hydrogen-bond acceptors (Lipinski definition) is 3. The molecule has 0 aliphatic heterocycles. The number of methoxy groups -OCH3 is 1. The van der Waals surface area contributed by atoms with E-state index in [0.29, 0.717) is 0 Å². The van der Waals surface area contributed by atoms with Gasteiger partial charge in [0, 0.05) is 0 Å². The van der Waals surface area contributed by atoms with E-state index < -0.39 is 0 Å². The van der Waals surface area contributed by atoms with E-state index in [0.717, 1.165) is 22.4 Å². The molecule has 0 saturated carbocycles. The van der Waals surface area contributed by atoms with E-state index in [2.05, 4.69) is 0 Å². The number of aliphatic hydroxyl groups is 1. The molecular weight excluding hydrogens is 240 g/mol. The van der Waals surface area contributed by atoms with Crippen LogP contribution in [0.2, 0.25) is 0 Å². The molecule has 3 heteroatoms. The maximum atomic E-state index is 9.21. The first-order valence-electron chi connectivity index (χ1n) is 5.97. The van der Waals surface area contributed by atoms with E-state index in [9.17, 15) is 10.2 Å². The van der Waals surface area contributed by atoms with E-state index in [-0.39, 0.29) is 12.4 Å². The molecule has 0 saturated heterocycles. The molecule has 2 rings (SSSR count). The summed E-state index contributed by atoms with van der Waals surface area (Å²) >= 11 is 0. The van der Waals surface area contributed by atoms with Crippen LogP contribution in [-0.2, 0) is 6.61 Å². The number of ether oxygens (including phenoxy) is 1. The molecule has 2 N–H and O–H groups in total. The maximum Gasteiger partial charge on any atom is 0.119 e. The Morgan fingerprint density at radius 1 is 1.00 bits per heavy atom.